The second-order valence-corrected chi connectivity index (χ2v) is 7.60. The molecule has 0 bridgehead atoms. The lowest BCUT2D eigenvalue weighted by molar-refractivity contribution is 0.414. The van der Waals surface area contributed by atoms with Gasteiger partial charge in [0.15, 0.2) is 0 Å². The molecule has 0 unspecified atom stereocenters. The number of hydrogen-bond donors (Lipinski definition) is 1. The zero-order chi connectivity index (χ0) is 17.5. The van der Waals surface area contributed by atoms with E-state index in [1.807, 2.05) is 66.7 Å². The van der Waals surface area contributed by atoms with Crippen LogP contribution in [0.4, 0.5) is 0 Å². The van der Waals surface area contributed by atoms with Crippen LogP contribution in [-0.2, 0) is 15.6 Å². The topological polar surface area (TPSA) is 55.4 Å². The molecule has 1 atom stereocenters. The molecule has 126 valence electrons. The average Bonchev–Trinajstić information content (AvgIpc) is 2.91. The van der Waals surface area contributed by atoms with E-state index < -0.39 is 15.6 Å². The second kappa shape index (κ2) is 5.72. The van der Waals surface area contributed by atoms with Gasteiger partial charge in [-0.1, -0.05) is 60.7 Å². The van der Waals surface area contributed by atoms with Gasteiger partial charge >= 0.3 is 0 Å². The van der Waals surface area contributed by atoms with E-state index in [0.717, 1.165) is 22.4 Å². The van der Waals surface area contributed by atoms with Gasteiger partial charge in [0.1, 0.15) is 11.3 Å². The molecule has 0 saturated carbocycles. The van der Waals surface area contributed by atoms with Crippen molar-refractivity contribution in [2.75, 3.05) is 7.11 Å². The maximum Gasteiger partial charge on any atom is 0.242 e. The van der Waals surface area contributed by atoms with E-state index in [-0.39, 0.29) is 0 Å². The summed E-state index contributed by atoms with van der Waals surface area (Å²) in [6.07, 6.45) is 0. The van der Waals surface area contributed by atoms with Gasteiger partial charge < -0.3 is 4.74 Å². The van der Waals surface area contributed by atoms with Crippen molar-refractivity contribution in [1.82, 2.24) is 4.72 Å². The summed E-state index contributed by atoms with van der Waals surface area (Å²) in [7, 11) is -2.00. The second-order valence-electron chi connectivity index (χ2n) is 5.95. The summed E-state index contributed by atoms with van der Waals surface area (Å²) in [5.41, 5.74) is 1.48. The first-order valence-corrected chi connectivity index (χ1v) is 9.40. The van der Waals surface area contributed by atoms with Crippen molar-refractivity contribution in [3.8, 4) is 5.75 Å². The lowest BCUT2D eigenvalue weighted by Crippen LogP contribution is -2.41. The van der Waals surface area contributed by atoms with Crippen LogP contribution in [0.3, 0.4) is 0 Å². The Bertz CT molecular complexity index is 1010. The van der Waals surface area contributed by atoms with Crippen molar-refractivity contribution in [3.63, 3.8) is 0 Å². The highest BCUT2D eigenvalue weighted by Gasteiger charge is 2.48. The molecule has 4 rings (SSSR count). The summed E-state index contributed by atoms with van der Waals surface area (Å²) in [6, 6.07) is 24.2. The van der Waals surface area contributed by atoms with Crippen LogP contribution in [0.25, 0.3) is 0 Å². The molecule has 0 aromatic heterocycles. The van der Waals surface area contributed by atoms with Crippen LogP contribution < -0.4 is 9.46 Å². The lowest BCUT2D eigenvalue weighted by atomic mass is 9.78. The molecule has 0 amide bonds. The zero-order valence-electron chi connectivity index (χ0n) is 13.6. The smallest absolute Gasteiger partial charge is 0.242 e. The summed E-state index contributed by atoms with van der Waals surface area (Å²) < 4.78 is 33.8. The van der Waals surface area contributed by atoms with Gasteiger partial charge in [0.25, 0.3) is 0 Å². The molecule has 3 aromatic carbocycles. The monoisotopic (exact) mass is 351 g/mol. The maximum absolute atomic E-state index is 12.8. The molecule has 0 saturated heterocycles. The quantitative estimate of drug-likeness (QED) is 0.788. The fraction of sp³-hybridized carbons (Fsp3) is 0.100. The van der Waals surface area contributed by atoms with Gasteiger partial charge in [-0.3, -0.25) is 0 Å². The third-order valence-corrected chi connectivity index (χ3v) is 6.11. The number of nitrogens with one attached hydrogen (secondary N) is 1. The van der Waals surface area contributed by atoms with E-state index in [1.54, 1.807) is 19.2 Å². The fourth-order valence-electron chi connectivity index (χ4n) is 3.45. The molecular weight excluding hydrogens is 334 g/mol. The molecular formula is C20H17NO3S. The van der Waals surface area contributed by atoms with Gasteiger partial charge in [-0.05, 0) is 29.3 Å². The Kier molecular flexibility index (Phi) is 3.63. The van der Waals surface area contributed by atoms with E-state index >= 15 is 0 Å². The Labute approximate surface area is 147 Å². The molecule has 1 N–H and O–H groups in total. The largest absolute Gasteiger partial charge is 0.497 e. The molecule has 5 heteroatoms. The van der Waals surface area contributed by atoms with Crippen LogP contribution in [0.1, 0.15) is 16.7 Å². The molecule has 1 aliphatic rings. The predicted molar refractivity (Wildman–Crippen MR) is 96.1 cm³/mol. The predicted octanol–water partition coefficient (Wildman–Crippen LogP) is 3.28. The first-order chi connectivity index (χ1) is 12.1. The van der Waals surface area contributed by atoms with Gasteiger partial charge in [0.2, 0.25) is 10.0 Å². The Morgan fingerprint density at radius 2 is 1.40 bits per heavy atom. The highest BCUT2D eigenvalue weighted by atomic mass is 32.2. The first-order valence-electron chi connectivity index (χ1n) is 7.91. The molecule has 0 spiro atoms. The van der Waals surface area contributed by atoms with Crippen molar-refractivity contribution in [3.05, 3.63) is 95.6 Å². The van der Waals surface area contributed by atoms with E-state index in [4.69, 9.17) is 4.74 Å². The number of ether oxygens (including phenoxy) is 1. The molecule has 4 nitrogen and oxygen atoms in total. The van der Waals surface area contributed by atoms with Gasteiger partial charge in [0.05, 0.1) is 12.0 Å². The fourth-order valence-corrected chi connectivity index (χ4v) is 5.07. The minimum Gasteiger partial charge on any atom is -0.497 e. The Morgan fingerprint density at radius 1 is 0.800 bits per heavy atom. The SMILES string of the molecule is COc1ccc([C@@]2(c3ccccc3)NS(=O)(=O)c3ccccc32)cc1. The third kappa shape index (κ3) is 2.35. The van der Waals surface area contributed by atoms with E-state index in [2.05, 4.69) is 4.72 Å². The Balaban J connectivity index is 2.05. The van der Waals surface area contributed by atoms with Crippen molar-refractivity contribution < 1.29 is 13.2 Å². The summed E-state index contributed by atoms with van der Waals surface area (Å²) in [6.45, 7) is 0. The Hall–Kier alpha value is -2.63. The maximum atomic E-state index is 12.8. The van der Waals surface area contributed by atoms with Gasteiger partial charge in [-0.15, -0.1) is 0 Å². The molecule has 3 aromatic rings. The van der Waals surface area contributed by atoms with Crippen LogP contribution in [0.2, 0.25) is 0 Å². The molecule has 1 heterocycles. The highest BCUT2D eigenvalue weighted by molar-refractivity contribution is 7.90. The van der Waals surface area contributed by atoms with Crippen LogP contribution in [0.5, 0.6) is 5.75 Å². The van der Waals surface area contributed by atoms with Crippen LogP contribution in [-0.4, -0.2) is 15.5 Å². The van der Waals surface area contributed by atoms with Crippen molar-refractivity contribution in [1.29, 1.82) is 0 Å². The third-order valence-electron chi connectivity index (χ3n) is 4.60. The van der Waals surface area contributed by atoms with Crippen molar-refractivity contribution in [2.24, 2.45) is 0 Å². The number of sulfonamides is 1. The normalized spacial score (nSPS) is 20.8. The standard InChI is InChI=1S/C20H17NO3S/c1-24-17-13-11-16(12-14-17)20(15-7-3-2-4-8-15)18-9-5-6-10-19(18)25(22,23)21-20/h2-14,21H,1H3/t20-/m1/s1. The molecule has 0 aliphatic carbocycles. The van der Waals surface area contributed by atoms with Crippen molar-refractivity contribution in [2.45, 2.75) is 10.4 Å². The summed E-state index contributed by atoms with van der Waals surface area (Å²) in [5.74, 6) is 0.723. The zero-order valence-corrected chi connectivity index (χ0v) is 14.5. The number of hydrogen-bond acceptors (Lipinski definition) is 3. The lowest BCUT2D eigenvalue weighted by Gasteiger charge is -2.31. The van der Waals surface area contributed by atoms with E-state index in [1.165, 1.54) is 0 Å². The van der Waals surface area contributed by atoms with Crippen molar-refractivity contribution >= 4 is 10.0 Å². The molecule has 0 radical (unpaired) electrons. The van der Waals surface area contributed by atoms with E-state index in [0.29, 0.717) is 4.90 Å². The summed E-state index contributed by atoms with van der Waals surface area (Å²) in [4.78, 5) is 0.315. The minimum atomic E-state index is -3.61. The minimum absolute atomic E-state index is 0.315. The summed E-state index contributed by atoms with van der Waals surface area (Å²) >= 11 is 0. The average molecular weight is 351 g/mol. The molecule has 1 aliphatic heterocycles. The van der Waals surface area contributed by atoms with E-state index in [9.17, 15) is 8.42 Å². The number of benzene rings is 3. The highest BCUT2D eigenvalue weighted by Crippen LogP contribution is 2.45. The molecule has 0 fully saturated rings. The summed E-state index contributed by atoms with van der Waals surface area (Å²) in [5, 5.41) is 0. The van der Waals surface area contributed by atoms with Gasteiger partial charge in [-0.2, -0.15) is 4.72 Å². The first kappa shape index (κ1) is 15.9. The Morgan fingerprint density at radius 3 is 2.08 bits per heavy atom. The van der Waals surface area contributed by atoms with Crippen LogP contribution in [0, 0.1) is 0 Å². The number of rotatable bonds is 3. The van der Waals surface area contributed by atoms with Crippen LogP contribution >= 0.6 is 0 Å². The van der Waals surface area contributed by atoms with Gasteiger partial charge in [0, 0.05) is 5.56 Å². The van der Waals surface area contributed by atoms with Crippen LogP contribution in [0.15, 0.2) is 83.8 Å². The van der Waals surface area contributed by atoms with Gasteiger partial charge in [-0.25, -0.2) is 8.42 Å². The number of methoxy groups -OCH3 is 1. The molecule has 25 heavy (non-hydrogen) atoms. The number of fused-ring (bicyclic) bond motifs is 1.